The molecule has 2 heterocycles. The third-order valence-electron chi connectivity index (χ3n) is 5.05. The van der Waals surface area contributed by atoms with Crippen molar-refractivity contribution in [2.75, 3.05) is 11.4 Å². The molecular formula is C21H22FN3O. The fourth-order valence-corrected chi connectivity index (χ4v) is 3.74. The van der Waals surface area contributed by atoms with Gasteiger partial charge in [-0.15, -0.1) is 0 Å². The smallest absolute Gasteiger partial charge is 0.227 e. The summed E-state index contributed by atoms with van der Waals surface area (Å²) >= 11 is 0. The molecule has 0 radical (unpaired) electrons. The Morgan fingerprint density at radius 3 is 2.73 bits per heavy atom. The summed E-state index contributed by atoms with van der Waals surface area (Å²) in [5.41, 5.74) is 2.42. The molecule has 1 aliphatic heterocycles. The minimum absolute atomic E-state index is 0.0219. The topological polar surface area (TPSA) is 38.1 Å². The molecule has 1 aromatic heterocycles. The lowest BCUT2D eigenvalue weighted by Gasteiger charge is -2.18. The van der Waals surface area contributed by atoms with Gasteiger partial charge in [-0.3, -0.25) is 4.79 Å². The van der Waals surface area contributed by atoms with Crippen LogP contribution < -0.4 is 4.90 Å². The molecule has 0 spiro atoms. The minimum atomic E-state index is -0.360. The average Bonchev–Trinajstić information content (AvgIpc) is 3.21. The van der Waals surface area contributed by atoms with Gasteiger partial charge in [0.1, 0.15) is 11.6 Å². The number of rotatable bonds is 5. The van der Waals surface area contributed by atoms with Crippen molar-refractivity contribution in [2.24, 2.45) is 0 Å². The van der Waals surface area contributed by atoms with E-state index in [-0.39, 0.29) is 17.6 Å². The van der Waals surface area contributed by atoms with Crippen molar-refractivity contribution >= 4 is 22.6 Å². The van der Waals surface area contributed by atoms with Gasteiger partial charge < -0.3 is 9.47 Å². The van der Waals surface area contributed by atoms with Crippen molar-refractivity contribution in [1.82, 2.24) is 9.55 Å². The summed E-state index contributed by atoms with van der Waals surface area (Å²) in [6.45, 7) is 3.52. The van der Waals surface area contributed by atoms with E-state index in [1.807, 2.05) is 18.2 Å². The number of benzene rings is 2. The lowest BCUT2D eigenvalue weighted by atomic mass is 10.1. The summed E-state index contributed by atoms with van der Waals surface area (Å²) in [4.78, 5) is 19.0. The van der Waals surface area contributed by atoms with Gasteiger partial charge in [-0.2, -0.15) is 0 Å². The second kappa shape index (κ2) is 6.90. The Bertz CT molecular complexity index is 949. The van der Waals surface area contributed by atoms with Gasteiger partial charge in [-0.1, -0.05) is 37.6 Å². The summed E-state index contributed by atoms with van der Waals surface area (Å²) < 4.78 is 16.4. The highest BCUT2D eigenvalue weighted by Gasteiger charge is 2.35. The highest BCUT2D eigenvalue weighted by molar-refractivity contribution is 5.96. The molecule has 3 aromatic rings. The maximum Gasteiger partial charge on any atom is 0.227 e. The van der Waals surface area contributed by atoms with E-state index >= 15 is 0 Å². The number of halogens is 1. The Kier molecular flexibility index (Phi) is 4.45. The number of unbranched alkanes of at least 4 members (excludes halogenated alkanes) is 1. The molecule has 1 aliphatic rings. The second-order valence-corrected chi connectivity index (χ2v) is 6.82. The van der Waals surface area contributed by atoms with Gasteiger partial charge >= 0.3 is 0 Å². The fourth-order valence-electron chi connectivity index (χ4n) is 3.74. The summed E-state index contributed by atoms with van der Waals surface area (Å²) in [6, 6.07) is 14.5. The molecule has 0 saturated carbocycles. The van der Waals surface area contributed by atoms with Crippen LogP contribution in [0.3, 0.4) is 0 Å². The van der Waals surface area contributed by atoms with Gasteiger partial charge in [0.15, 0.2) is 0 Å². The van der Waals surface area contributed by atoms with Gasteiger partial charge in [0.05, 0.1) is 16.7 Å². The molecule has 1 amide bonds. The number of aryl methyl sites for hydroxylation is 1. The van der Waals surface area contributed by atoms with Crippen molar-refractivity contribution < 1.29 is 9.18 Å². The van der Waals surface area contributed by atoms with Crippen LogP contribution in [-0.2, 0) is 11.3 Å². The molecule has 4 nitrogen and oxygen atoms in total. The zero-order chi connectivity index (χ0) is 18.1. The Labute approximate surface area is 152 Å². The highest BCUT2D eigenvalue weighted by atomic mass is 19.1. The van der Waals surface area contributed by atoms with E-state index in [4.69, 9.17) is 4.98 Å². The summed E-state index contributed by atoms with van der Waals surface area (Å²) in [6.07, 6.45) is 2.52. The van der Waals surface area contributed by atoms with Crippen molar-refractivity contribution in [3.8, 4) is 0 Å². The van der Waals surface area contributed by atoms with E-state index < -0.39 is 0 Å². The molecular weight excluding hydrogens is 329 g/mol. The van der Waals surface area contributed by atoms with Crippen molar-refractivity contribution in [1.29, 1.82) is 0 Å². The number of anilines is 1. The lowest BCUT2D eigenvalue weighted by molar-refractivity contribution is -0.117. The monoisotopic (exact) mass is 351 g/mol. The molecule has 1 atom stereocenters. The Hall–Kier alpha value is -2.69. The van der Waals surface area contributed by atoms with Crippen LogP contribution in [0.25, 0.3) is 11.0 Å². The van der Waals surface area contributed by atoms with Crippen LogP contribution in [0.5, 0.6) is 0 Å². The Balaban J connectivity index is 1.70. The van der Waals surface area contributed by atoms with Gasteiger partial charge in [0, 0.05) is 25.4 Å². The number of imidazole rings is 1. The number of para-hydroxylation sites is 3. The molecule has 1 fully saturated rings. The van der Waals surface area contributed by atoms with Crippen molar-refractivity contribution in [2.45, 2.75) is 38.6 Å². The van der Waals surface area contributed by atoms with Crippen LogP contribution in [0, 0.1) is 5.82 Å². The lowest BCUT2D eigenvalue weighted by Crippen LogP contribution is -2.25. The van der Waals surface area contributed by atoms with Crippen LogP contribution in [0.4, 0.5) is 10.1 Å². The summed E-state index contributed by atoms with van der Waals surface area (Å²) in [7, 11) is 0. The molecule has 134 valence electrons. The van der Waals surface area contributed by atoms with Crippen LogP contribution in [-0.4, -0.2) is 22.0 Å². The predicted octanol–water partition coefficient (Wildman–Crippen LogP) is 4.50. The van der Waals surface area contributed by atoms with E-state index in [1.54, 1.807) is 23.1 Å². The zero-order valence-electron chi connectivity index (χ0n) is 14.9. The van der Waals surface area contributed by atoms with Crippen LogP contribution >= 0.6 is 0 Å². The van der Waals surface area contributed by atoms with Crippen LogP contribution in [0.15, 0.2) is 48.5 Å². The molecule has 1 saturated heterocycles. The quantitative estimate of drug-likeness (QED) is 0.679. The van der Waals surface area contributed by atoms with Gasteiger partial charge in [-0.25, -0.2) is 9.37 Å². The number of amides is 1. The first-order chi connectivity index (χ1) is 12.7. The first kappa shape index (κ1) is 16.8. The SMILES string of the molecule is CCCCn1c([C@@H]2CC(=O)N(c3ccccc3F)C2)nc2ccccc21. The van der Waals surface area contributed by atoms with Crippen molar-refractivity contribution in [3.05, 3.63) is 60.2 Å². The van der Waals surface area contributed by atoms with E-state index in [0.717, 1.165) is 36.2 Å². The number of aromatic nitrogens is 2. The molecule has 26 heavy (non-hydrogen) atoms. The normalized spacial score (nSPS) is 17.4. The van der Waals surface area contributed by atoms with Gasteiger partial charge in [0.2, 0.25) is 5.91 Å². The molecule has 0 bridgehead atoms. The number of carbonyl (C=O) groups is 1. The van der Waals surface area contributed by atoms with Crippen LogP contribution in [0.2, 0.25) is 0 Å². The molecule has 5 heteroatoms. The summed E-state index contributed by atoms with van der Waals surface area (Å²) in [5, 5.41) is 0. The molecule has 0 N–H and O–H groups in total. The van der Waals surface area contributed by atoms with E-state index in [9.17, 15) is 9.18 Å². The number of hydrogen-bond donors (Lipinski definition) is 0. The van der Waals surface area contributed by atoms with E-state index in [0.29, 0.717) is 18.7 Å². The maximum absolute atomic E-state index is 14.1. The van der Waals surface area contributed by atoms with Crippen molar-refractivity contribution in [3.63, 3.8) is 0 Å². The molecule has 4 rings (SSSR count). The molecule has 2 aromatic carbocycles. The third kappa shape index (κ3) is 2.87. The largest absolute Gasteiger partial charge is 0.328 e. The standard InChI is InChI=1S/C21H22FN3O/c1-2-3-12-24-19-11-7-5-9-17(19)23-21(24)15-13-20(26)25(14-15)18-10-6-4-8-16(18)22/h4-11,15H,2-3,12-14H2,1H3/t15-/m1/s1. The first-order valence-corrected chi connectivity index (χ1v) is 9.19. The predicted molar refractivity (Wildman–Crippen MR) is 101 cm³/mol. The van der Waals surface area contributed by atoms with E-state index in [1.165, 1.54) is 6.07 Å². The second-order valence-electron chi connectivity index (χ2n) is 6.82. The minimum Gasteiger partial charge on any atom is -0.328 e. The van der Waals surface area contributed by atoms with E-state index in [2.05, 4.69) is 17.6 Å². The average molecular weight is 351 g/mol. The number of carbonyl (C=O) groups excluding carboxylic acids is 1. The fraction of sp³-hybridized carbons (Fsp3) is 0.333. The number of fused-ring (bicyclic) bond motifs is 1. The van der Waals surface area contributed by atoms with Gasteiger partial charge in [0.25, 0.3) is 0 Å². The Morgan fingerprint density at radius 1 is 1.15 bits per heavy atom. The Morgan fingerprint density at radius 2 is 1.92 bits per heavy atom. The molecule has 0 unspecified atom stereocenters. The number of hydrogen-bond acceptors (Lipinski definition) is 2. The zero-order valence-corrected chi connectivity index (χ0v) is 14.9. The number of nitrogens with zero attached hydrogens (tertiary/aromatic N) is 3. The third-order valence-corrected chi connectivity index (χ3v) is 5.05. The molecule has 0 aliphatic carbocycles. The first-order valence-electron chi connectivity index (χ1n) is 9.19. The highest BCUT2D eigenvalue weighted by Crippen LogP contribution is 2.34. The maximum atomic E-state index is 14.1. The van der Waals surface area contributed by atoms with Gasteiger partial charge in [-0.05, 0) is 30.7 Å². The summed E-state index contributed by atoms with van der Waals surface area (Å²) in [5.74, 6) is 0.508. The van der Waals surface area contributed by atoms with Crippen LogP contribution in [0.1, 0.15) is 37.9 Å².